The van der Waals surface area contributed by atoms with Gasteiger partial charge in [0.25, 0.3) is 5.24 Å². The van der Waals surface area contributed by atoms with E-state index in [0.717, 1.165) is 4.90 Å². The number of nitrogens with two attached hydrogens (primary N) is 1. The summed E-state index contributed by atoms with van der Waals surface area (Å²) in [5.74, 6) is -0.341. The number of hydrogen-bond acceptors (Lipinski definition) is 2. The van der Waals surface area contributed by atoms with E-state index in [1.54, 1.807) is 24.3 Å². The minimum absolute atomic E-state index is 0.341. The molecule has 13 heavy (non-hydrogen) atoms. The molecular weight excluding hydrogens is 186 g/mol. The number of carbonyl (C=O) groups excluding carboxylic acids is 1. The topological polar surface area (TPSA) is 70.2 Å². The molecule has 0 fully saturated rings. The van der Waals surface area contributed by atoms with Gasteiger partial charge in [0.1, 0.15) is 0 Å². The van der Waals surface area contributed by atoms with Crippen LogP contribution >= 0.6 is 12.6 Å². The van der Waals surface area contributed by atoms with Crippen LogP contribution in [0.4, 0.5) is 10.5 Å². The quantitative estimate of drug-likeness (QED) is 0.360. The number of nitrogens with one attached hydrogen (secondary N) is 1. The molecule has 0 aliphatic heterocycles. The van der Waals surface area contributed by atoms with Crippen LogP contribution in [0.25, 0.3) is 0 Å². The molecule has 0 radical (unpaired) electrons. The summed E-state index contributed by atoms with van der Waals surface area (Å²) in [5.41, 5.74) is 5.75. The van der Waals surface area contributed by atoms with E-state index in [-0.39, 0.29) is 5.96 Å². The van der Waals surface area contributed by atoms with Gasteiger partial charge in [-0.05, 0) is 12.1 Å². The number of nitrogens with zero attached hydrogens (tertiary/aromatic N) is 1. The van der Waals surface area contributed by atoms with E-state index >= 15 is 0 Å². The van der Waals surface area contributed by atoms with Crippen molar-refractivity contribution in [3.8, 4) is 0 Å². The zero-order valence-electron chi connectivity index (χ0n) is 6.77. The van der Waals surface area contributed by atoms with Crippen LogP contribution in [0.1, 0.15) is 0 Å². The van der Waals surface area contributed by atoms with Crippen molar-refractivity contribution in [3.63, 3.8) is 0 Å². The van der Waals surface area contributed by atoms with Crippen LogP contribution < -0.4 is 10.6 Å². The van der Waals surface area contributed by atoms with Gasteiger partial charge in [0.2, 0.25) is 5.96 Å². The Morgan fingerprint density at radius 2 is 1.92 bits per heavy atom. The number of hydrogen-bond donors (Lipinski definition) is 3. The molecule has 0 aliphatic rings. The number of benzene rings is 1. The minimum atomic E-state index is -0.571. The Kier molecular flexibility index (Phi) is 2.92. The summed E-state index contributed by atoms with van der Waals surface area (Å²) in [4.78, 5) is 12.0. The summed E-state index contributed by atoms with van der Waals surface area (Å²) in [5, 5.41) is 6.58. The van der Waals surface area contributed by atoms with Gasteiger partial charge in [-0.3, -0.25) is 10.2 Å². The molecule has 1 rings (SSSR count). The van der Waals surface area contributed by atoms with Crippen LogP contribution in [0.5, 0.6) is 0 Å². The predicted molar refractivity (Wildman–Crippen MR) is 55.2 cm³/mol. The molecular formula is C8H9N3OS. The Hall–Kier alpha value is -1.49. The van der Waals surface area contributed by atoms with Crippen molar-refractivity contribution in [2.24, 2.45) is 5.73 Å². The van der Waals surface area contributed by atoms with Crippen LogP contribution in [0.2, 0.25) is 0 Å². The number of para-hydroxylation sites is 1. The zero-order valence-corrected chi connectivity index (χ0v) is 7.66. The van der Waals surface area contributed by atoms with Gasteiger partial charge in [0.05, 0.1) is 5.69 Å². The molecule has 0 atom stereocenters. The van der Waals surface area contributed by atoms with Crippen LogP contribution in [-0.4, -0.2) is 11.2 Å². The minimum Gasteiger partial charge on any atom is -0.369 e. The van der Waals surface area contributed by atoms with E-state index in [0.29, 0.717) is 5.69 Å². The van der Waals surface area contributed by atoms with E-state index in [2.05, 4.69) is 12.6 Å². The second kappa shape index (κ2) is 3.95. The van der Waals surface area contributed by atoms with Crippen LogP contribution in [0.3, 0.4) is 0 Å². The number of rotatable bonds is 1. The average Bonchev–Trinajstić information content (AvgIpc) is 2.04. The van der Waals surface area contributed by atoms with E-state index in [1.807, 2.05) is 6.07 Å². The highest BCUT2D eigenvalue weighted by Crippen LogP contribution is 2.14. The van der Waals surface area contributed by atoms with Crippen molar-refractivity contribution in [2.75, 3.05) is 4.90 Å². The maximum Gasteiger partial charge on any atom is 0.289 e. The van der Waals surface area contributed by atoms with Gasteiger partial charge in [0.15, 0.2) is 0 Å². The van der Waals surface area contributed by atoms with Crippen LogP contribution in [-0.2, 0) is 0 Å². The first-order valence-corrected chi connectivity index (χ1v) is 4.00. The molecule has 0 saturated heterocycles. The van der Waals surface area contributed by atoms with Gasteiger partial charge in [-0.1, -0.05) is 30.8 Å². The first kappa shape index (κ1) is 9.60. The number of guanidine groups is 1. The molecule has 0 spiro atoms. The van der Waals surface area contributed by atoms with E-state index in [9.17, 15) is 4.79 Å². The maximum absolute atomic E-state index is 11.0. The third-order valence-electron chi connectivity index (χ3n) is 1.45. The summed E-state index contributed by atoms with van der Waals surface area (Å²) in [7, 11) is 0. The Labute approximate surface area is 81.3 Å². The largest absolute Gasteiger partial charge is 0.369 e. The van der Waals surface area contributed by atoms with E-state index in [1.165, 1.54) is 0 Å². The first-order chi connectivity index (χ1) is 6.13. The number of amides is 1. The van der Waals surface area contributed by atoms with Crippen LogP contribution in [0.15, 0.2) is 30.3 Å². The van der Waals surface area contributed by atoms with Crippen molar-refractivity contribution >= 4 is 29.5 Å². The molecule has 1 aromatic rings. The van der Waals surface area contributed by atoms with Gasteiger partial charge < -0.3 is 5.73 Å². The smallest absolute Gasteiger partial charge is 0.289 e. The van der Waals surface area contributed by atoms with E-state index < -0.39 is 5.24 Å². The monoisotopic (exact) mass is 195 g/mol. The fourth-order valence-electron chi connectivity index (χ4n) is 0.930. The summed E-state index contributed by atoms with van der Waals surface area (Å²) >= 11 is 3.61. The number of carbonyl (C=O) groups is 1. The molecule has 3 N–H and O–H groups in total. The molecule has 5 heteroatoms. The predicted octanol–water partition coefficient (Wildman–Crippen LogP) is 1.44. The fraction of sp³-hybridized carbons (Fsp3) is 0. The van der Waals surface area contributed by atoms with Crippen molar-refractivity contribution in [1.29, 1.82) is 5.41 Å². The summed E-state index contributed by atoms with van der Waals surface area (Å²) in [6.07, 6.45) is 0. The molecule has 0 unspecified atom stereocenters. The van der Waals surface area contributed by atoms with Crippen molar-refractivity contribution < 1.29 is 4.79 Å². The maximum atomic E-state index is 11.0. The number of thiol groups is 1. The molecule has 0 heterocycles. The van der Waals surface area contributed by atoms with Crippen LogP contribution in [0, 0.1) is 5.41 Å². The Bertz CT molecular complexity index is 311. The van der Waals surface area contributed by atoms with Crippen molar-refractivity contribution in [2.45, 2.75) is 0 Å². The molecule has 0 aromatic heterocycles. The van der Waals surface area contributed by atoms with E-state index in [4.69, 9.17) is 11.1 Å². The second-order valence-corrected chi connectivity index (χ2v) is 2.72. The fourth-order valence-corrected chi connectivity index (χ4v) is 1.15. The Morgan fingerprint density at radius 1 is 1.38 bits per heavy atom. The van der Waals surface area contributed by atoms with Gasteiger partial charge in [-0.15, -0.1) is 0 Å². The first-order valence-electron chi connectivity index (χ1n) is 3.55. The summed E-state index contributed by atoms with van der Waals surface area (Å²) in [6.45, 7) is 0. The average molecular weight is 195 g/mol. The normalized spacial score (nSPS) is 9.31. The lowest BCUT2D eigenvalue weighted by molar-refractivity contribution is 0.267. The molecule has 1 amide bonds. The van der Waals surface area contributed by atoms with Gasteiger partial charge >= 0.3 is 0 Å². The lowest BCUT2D eigenvalue weighted by atomic mass is 10.3. The second-order valence-electron chi connectivity index (χ2n) is 2.34. The van der Waals surface area contributed by atoms with Crippen molar-refractivity contribution in [1.82, 2.24) is 0 Å². The third kappa shape index (κ3) is 2.22. The standard InChI is InChI=1S/C8H9N3OS/c9-7(10)11(8(12)13)6-4-2-1-3-5-6/h1-5H,(H3,9,10)(H,12,13). The number of anilines is 1. The molecule has 1 aromatic carbocycles. The molecule has 4 nitrogen and oxygen atoms in total. The van der Waals surface area contributed by atoms with Crippen molar-refractivity contribution in [3.05, 3.63) is 30.3 Å². The highest BCUT2D eigenvalue weighted by atomic mass is 32.1. The summed E-state index contributed by atoms with van der Waals surface area (Å²) < 4.78 is 0. The zero-order chi connectivity index (χ0) is 9.84. The van der Waals surface area contributed by atoms with Gasteiger partial charge in [-0.2, -0.15) is 0 Å². The molecule has 0 aliphatic carbocycles. The SMILES string of the molecule is N=C(N)N(C(=O)S)c1ccccc1. The molecule has 0 bridgehead atoms. The molecule has 0 saturated carbocycles. The molecule has 68 valence electrons. The highest BCUT2D eigenvalue weighted by molar-refractivity contribution is 7.97. The van der Waals surface area contributed by atoms with Gasteiger partial charge in [0, 0.05) is 0 Å². The lowest BCUT2D eigenvalue weighted by Crippen LogP contribution is -2.38. The highest BCUT2D eigenvalue weighted by Gasteiger charge is 2.13. The Balaban J connectivity index is 3.03. The summed E-state index contributed by atoms with van der Waals surface area (Å²) in [6, 6.07) is 8.67. The Morgan fingerprint density at radius 3 is 2.31 bits per heavy atom. The lowest BCUT2D eigenvalue weighted by Gasteiger charge is -2.17. The van der Waals surface area contributed by atoms with Gasteiger partial charge in [-0.25, -0.2) is 4.90 Å². The third-order valence-corrected chi connectivity index (χ3v) is 1.65.